The summed E-state index contributed by atoms with van der Waals surface area (Å²) in [7, 11) is 2.32. The Labute approximate surface area is 132 Å². The zero-order valence-electron chi connectivity index (χ0n) is 14.9. The van der Waals surface area contributed by atoms with Gasteiger partial charge in [0.15, 0.2) is 0 Å². The van der Waals surface area contributed by atoms with E-state index in [1.807, 2.05) is 0 Å². The Bertz CT molecular complexity index is 303. The fraction of sp³-hybridized carbons (Fsp3) is 1.00. The van der Waals surface area contributed by atoms with Crippen molar-refractivity contribution >= 4 is 0 Å². The largest absolute Gasteiger partial charge is 0.311 e. The molecule has 0 aromatic rings. The van der Waals surface area contributed by atoms with Crippen LogP contribution >= 0.6 is 0 Å². The van der Waals surface area contributed by atoms with Gasteiger partial charge in [-0.2, -0.15) is 0 Å². The van der Waals surface area contributed by atoms with Crippen LogP contribution in [-0.2, 0) is 0 Å². The van der Waals surface area contributed by atoms with E-state index in [1.165, 1.54) is 51.9 Å². The van der Waals surface area contributed by atoms with Crippen LogP contribution in [0.2, 0.25) is 0 Å². The van der Waals surface area contributed by atoms with Crippen molar-refractivity contribution in [3.63, 3.8) is 0 Å². The van der Waals surface area contributed by atoms with Gasteiger partial charge < -0.3 is 10.2 Å². The maximum atomic E-state index is 3.81. The van der Waals surface area contributed by atoms with Gasteiger partial charge in [0.2, 0.25) is 0 Å². The van der Waals surface area contributed by atoms with Crippen LogP contribution in [0, 0.1) is 11.8 Å². The fourth-order valence-corrected chi connectivity index (χ4v) is 4.14. The van der Waals surface area contributed by atoms with Crippen molar-refractivity contribution in [1.29, 1.82) is 0 Å². The third-order valence-electron chi connectivity index (χ3n) is 5.43. The van der Waals surface area contributed by atoms with E-state index in [0.717, 1.165) is 17.9 Å². The number of hydrogen-bond acceptors (Lipinski definition) is 3. The number of nitrogens with one attached hydrogen (secondary N) is 1. The van der Waals surface area contributed by atoms with Crippen LogP contribution < -0.4 is 5.32 Å². The SMILES string of the molecule is CC(C)CC1CN(CC2CCCCN2C)C(C(C)C)CN1. The molecule has 0 aromatic heterocycles. The Morgan fingerprint density at radius 1 is 1.14 bits per heavy atom. The second-order valence-corrected chi connectivity index (χ2v) is 8.13. The normalized spacial score (nSPS) is 33.0. The molecular formula is C18H37N3. The first-order valence-corrected chi connectivity index (χ1v) is 9.15. The van der Waals surface area contributed by atoms with E-state index in [9.17, 15) is 0 Å². The summed E-state index contributed by atoms with van der Waals surface area (Å²) >= 11 is 0. The molecule has 2 heterocycles. The summed E-state index contributed by atoms with van der Waals surface area (Å²) < 4.78 is 0. The Balaban J connectivity index is 1.96. The van der Waals surface area contributed by atoms with Gasteiger partial charge in [0.25, 0.3) is 0 Å². The summed E-state index contributed by atoms with van der Waals surface area (Å²) in [5.74, 6) is 1.53. The van der Waals surface area contributed by atoms with Crippen molar-refractivity contribution in [1.82, 2.24) is 15.1 Å². The van der Waals surface area contributed by atoms with Crippen LogP contribution in [0.1, 0.15) is 53.4 Å². The molecule has 3 atom stereocenters. The number of rotatable bonds is 5. The quantitative estimate of drug-likeness (QED) is 0.841. The van der Waals surface area contributed by atoms with Gasteiger partial charge in [0.05, 0.1) is 0 Å². The number of likely N-dealkylation sites (tertiary alicyclic amines) is 1. The predicted molar refractivity (Wildman–Crippen MR) is 91.7 cm³/mol. The lowest BCUT2D eigenvalue weighted by atomic mass is 9.93. The zero-order chi connectivity index (χ0) is 15.4. The second kappa shape index (κ2) is 7.94. The van der Waals surface area contributed by atoms with E-state index in [-0.39, 0.29) is 0 Å². The summed E-state index contributed by atoms with van der Waals surface area (Å²) in [4.78, 5) is 5.40. The van der Waals surface area contributed by atoms with Gasteiger partial charge in [-0.25, -0.2) is 0 Å². The highest BCUT2D eigenvalue weighted by molar-refractivity contribution is 4.91. The maximum Gasteiger partial charge on any atom is 0.0245 e. The lowest BCUT2D eigenvalue weighted by molar-refractivity contribution is 0.0508. The summed E-state index contributed by atoms with van der Waals surface area (Å²) in [6.07, 6.45) is 5.50. The van der Waals surface area contributed by atoms with E-state index < -0.39 is 0 Å². The number of piperazine rings is 1. The summed E-state index contributed by atoms with van der Waals surface area (Å²) in [5.41, 5.74) is 0. The average molecular weight is 296 g/mol. The van der Waals surface area contributed by atoms with Crippen LogP contribution in [0.25, 0.3) is 0 Å². The minimum atomic E-state index is 0.689. The molecule has 0 spiro atoms. The standard InChI is InChI=1S/C18H37N3/c1-14(2)10-16-12-21(18(11-19-16)15(3)4)13-17-8-6-7-9-20(17)5/h14-19H,6-13H2,1-5H3. The molecule has 2 saturated heterocycles. The van der Waals surface area contributed by atoms with Gasteiger partial charge in [-0.05, 0) is 44.7 Å². The zero-order valence-corrected chi connectivity index (χ0v) is 14.9. The van der Waals surface area contributed by atoms with Crippen LogP contribution in [0.4, 0.5) is 0 Å². The van der Waals surface area contributed by atoms with Crippen molar-refractivity contribution in [3.05, 3.63) is 0 Å². The Kier molecular flexibility index (Phi) is 6.51. The molecule has 3 unspecified atom stereocenters. The average Bonchev–Trinajstić information content (AvgIpc) is 2.40. The van der Waals surface area contributed by atoms with E-state index in [4.69, 9.17) is 0 Å². The molecule has 1 N–H and O–H groups in total. The first kappa shape index (κ1) is 17.2. The van der Waals surface area contributed by atoms with Crippen LogP contribution in [0.3, 0.4) is 0 Å². The molecule has 21 heavy (non-hydrogen) atoms. The topological polar surface area (TPSA) is 18.5 Å². The first-order valence-electron chi connectivity index (χ1n) is 9.15. The van der Waals surface area contributed by atoms with Crippen molar-refractivity contribution in [2.75, 3.05) is 33.2 Å². The van der Waals surface area contributed by atoms with Gasteiger partial charge >= 0.3 is 0 Å². The predicted octanol–water partition coefficient (Wildman–Crippen LogP) is 2.82. The monoisotopic (exact) mass is 295 g/mol. The van der Waals surface area contributed by atoms with Gasteiger partial charge in [-0.1, -0.05) is 34.1 Å². The molecule has 0 aromatic carbocycles. The summed E-state index contributed by atoms with van der Waals surface area (Å²) in [5, 5.41) is 3.81. The molecule has 0 saturated carbocycles. The molecule has 0 radical (unpaired) electrons. The number of piperidine rings is 1. The molecule has 0 amide bonds. The van der Waals surface area contributed by atoms with Gasteiger partial charge in [0, 0.05) is 37.8 Å². The number of likely N-dealkylation sites (N-methyl/N-ethyl adjacent to an activating group) is 1. The Hall–Kier alpha value is -0.120. The smallest absolute Gasteiger partial charge is 0.0245 e. The Morgan fingerprint density at radius 2 is 1.90 bits per heavy atom. The minimum Gasteiger partial charge on any atom is -0.311 e. The third kappa shape index (κ3) is 4.94. The van der Waals surface area contributed by atoms with Crippen molar-refractivity contribution in [2.45, 2.75) is 71.5 Å². The fourth-order valence-electron chi connectivity index (χ4n) is 4.14. The number of hydrogen-bond donors (Lipinski definition) is 1. The van der Waals surface area contributed by atoms with Crippen molar-refractivity contribution in [3.8, 4) is 0 Å². The lowest BCUT2D eigenvalue weighted by Gasteiger charge is -2.46. The van der Waals surface area contributed by atoms with Gasteiger partial charge in [-0.3, -0.25) is 4.90 Å². The molecule has 124 valence electrons. The number of nitrogens with zero attached hydrogens (tertiary/aromatic N) is 2. The lowest BCUT2D eigenvalue weighted by Crippen LogP contribution is -2.61. The highest BCUT2D eigenvalue weighted by Crippen LogP contribution is 2.22. The summed E-state index contributed by atoms with van der Waals surface area (Å²) in [6.45, 7) is 14.4. The molecule has 2 aliphatic heterocycles. The molecule has 2 aliphatic rings. The van der Waals surface area contributed by atoms with E-state index in [0.29, 0.717) is 12.1 Å². The summed E-state index contributed by atoms with van der Waals surface area (Å²) in [6, 6.07) is 2.18. The molecular weight excluding hydrogens is 258 g/mol. The van der Waals surface area contributed by atoms with Crippen LogP contribution in [0.15, 0.2) is 0 Å². The minimum absolute atomic E-state index is 0.689. The van der Waals surface area contributed by atoms with Crippen molar-refractivity contribution < 1.29 is 0 Å². The Morgan fingerprint density at radius 3 is 2.52 bits per heavy atom. The highest BCUT2D eigenvalue weighted by atomic mass is 15.3. The van der Waals surface area contributed by atoms with E-state index >= 15 is 0 Å². The van der Waals surface area contributed by atoms with Gasteiger partial charge in [0.1, 0.15) is 0 Å². The van der Waals surface area contributed by atoms with E-state index in [1.54, 1.807) is 0 Å². The van der Waals surface area contributed by atoms with Crippen molar-refractivity contribution in [2.24, 2.45) is 11.8 Å². The van der Waals surface area contributed by atoms with E-state index in [2.05, 4.69) is 49.9 Å². The third-order valence-corrected chi connectivity index (χ3v) is 5.43. The molecule has 3 heteroatoms. The van der Waals surface area contributed by atoms with Crippen LogP contribution in [0.5, 0.6) is 0 Å². The molecule has 0 aliphatic carbocycles. The molecule has 0 bridgehead atoms. The molecule has 3 nitrogen and oxygen atoms in total. The molecule has 2 fully saturated rings. The van der Waals surface area contributed by atoms with Gasteiger partial charge in [-0.15, -0.1) is 0 Å². The van der Waals surface area contributed by atoms with Crippen LogP contribution in [-0.4, -0.2) is 61.2 Å². The second-order valence-electron chi connectivity index (χ2n) is 8.13. The first-order chi connectivity index (χ1) is 9.97. The maximum absolute atomic E-state index is 3.81. The highest BCUT2D eigenvalue weighted by Gasteiger charge is 2.32. The molecule has 2 rings (SSSR count).